The Morgan fingerprint density at radius 3 is 2.61 bits per heavy atom. The van der Waals surface area contributed by atoms with Crippen molar-refractivity contribution in [3.8, 4) is 0 Å². The molecule has 0 aromatic heterocycles. The summed E-state index contributed by atoms with van der Waals surface area (Å²) < 4.78 is 0. The minimum Gasteiger partial charge on any atom is -0.481 e. The van der Waals surface area contributed by atoms with Crippen molar-refractivity contribution in [1.29, 1.82) is 0 Å². The van der Waals surface area contributed by atoms with Crippen molar-refractivity contribution in [2.24, 2.45) is 5.92 Å². The summed E-state index contributed by atoms with van der Waals surface area (Å²) in [7, 11) is 0. The van der Waals surface area contributed by atoms with Crippen molar-refractivity contribution >= 4 is 17.6 Å². The first-order valence-corrected chi connectivity index (χ1v) is 10.1. The first kappa shape index (κ1) is 18.7. The highest BCUT2D eigenvalue weighted by molar-refractivity contribution is 6.08. The fraction of sp³-hybridized carbons (Fsp3) is 0.391. The minimum absolute atomic E-state index is 0.0580. The molecule has 1 saturated heterocycles. The molecule has 1 atom stereocenters. The summed E-state index contributed by atoms with van der Waals surface area (Å²) >= 11 is 0. The Bertz CT molecular complexity index is 880. The van der Waals surface area contributed by atoms with E-state index in [9.17, 15) is 14.7 Å². The molecular formula is C23H26N2O3. The number of anilines is 1. The number of hydrogen-bond donors (Lipinski definition) is 1. The number of carboxylic acid groups (broad SMARTS) is 1. The lowest BCUT2D eigenvalue weighted by molar-refractivity contribution is -0.143. The Morgan fingerprint density at radius 1 is 1.04 bits per heavy atom. The van der Waals surface area contributed by atoms with Gasteiger partial charge in [0, 0.05) is 30.8 Å². The number of benzene rings is 2. The van der Waals surface area contributed by atoms with E-state index in [2.05, 4.69) is 11.0 Å². The van der Waals surface area contributed by atoms with Crippen LogP contribution in [0.25, 0.3) is 0 Å². The smallest absolute Gasteiger partial charge is 0.307 e. The molecule has 4 rings (SSSR count). The normalized spacial score (nSPS) is 19.6. The van der Waals surface area contributed by atoms with E-state index >= 15 is 0 Å². The van der Waals surface area contributed by atoms with Crippen LogP contribution in [0, 0.1) is 5.92 Å². The van der Waals surface area contributed by atoms with Crippen LogP contribution in [-0.4, -0.2) is 48.1 Å². The van der Waals surface area contributed by atoms with Crippen molar-refractivity contribution in [2.45, 2.75) is 25.7 Å². The third-order valence-electron chi connectivity index (χ3n) is 5.87. The number of amides is 1. The van der Waals surface area contributed by atoms with E-state index < -0.39 is 5.97 Å². The Morgan fingerprint density at radius 2 is 1.79 bits per heavy atom. The van der Waals surface area contributed by atoms with Gasteiger partial charge in [0.2, 0.25) is 0 Å². The second-order valence-corrected chi connectivity index (χ2v) is 7.75. The van der Waals surface area contributed by atoms with Crippen molar-refractivity contribution in [3.63, 3.8) is 0 Å². The fourth-order valence-corrected chi connectivity index (χ4v) is 4.40. The number of piperidine rings is 1. The molecule has 1 unspecified atom stereocenters. The molecule has 0 radical (unpaired) electrons. The Hall–Kier alpha value is -2.66. The third-order valence-corrected chi connectivity index (χ3v) is 5.87. The van der Waals surface area contributed by atoms with E-state index in [0.29, 0.717) is 13.1 Å². The summed E-state index contributed by atoms with van der Waals surface area (Å²) in [5.74, 6) is -0.901. The van der Waals surface area contributed by atoms with E-state index in [1.807, 2.05) is 47.4 Å². The number of hydrogen-bond acceptors (Lipinski definition) is 3. The average molecular weight is 378 g/mol. The maximum atomic E-state index is 13.3. The lowest BCUT2D eigenvalue weighted by Gasteiger charge is -2.31. The zero-order valence-corrected chi connectivity index (χ0v) is 16.0. The molecular weight excluding hydrogens is 352 g/mol. The quantitative estimate of drug-likeness (QED) is 0.866. The Balaban J connectivity index is 1.49. The van der Waals surface area contributed by atoms with Crippen LogP contribution in [0.1, 0.15) is 40.7 Å². The molecule has 146 valence electrons. The summed E-state index contributed by atoms with van der Waals surface area (Å²) in [6, 6.07) is 16.0. The van der Waals surface area contributed by atoms with Crippen LogP contribution in [0.4, 0.5) is 5.69 Å². The molecule has 28 heavy (non-hydrogen) atoms. The number of fused-ring (bicyclic) bond motifs is 2. The number of carbonyl (C=O) groups excluding carboxylic acids is 1. The molecule has 2 aromatic carbocycles. The monoisotopic (exact) mass is 378 g/mol. The average Bonchev–Trinajstić information content (AvgIpc) is 2.83. The standard InChI is InChI=1S/C23H26N2O3/c26-22-20-10-3-1-7-17(20)15-18-8-2-4-11-21(18)25(22)14-6-13-24-12-5-9-19(16-24)23(27)28/h1-4,7-8,10-11,19H,5-6,9,12-16H2,(H,27,28). The maximum absolute atomic E-state index is 13.3. The summed E-state index contributed by atoms with van der Waals surface area (Å²) in [5.41, 5.74) is 4.01. The zero-order valence-electron chi connectivity index (χ0n) is 16.0. The molecule has 5 heteroatoms. The number of para-hydroxylation sites is 1. The van der Waals surface area contributed by atoms with E-state index in [-0.39, 0.29) is 11.8 Å². The number of aliphatic carboxylic acids is 1. The largest absolute Gasteiger partial charge is 0.481 e. The SMILES string of the molecule is O=C(O)C1CCCN(CCCN2C(=O)c3ccccc3Cc3ccccc32)C1. The van der Waals surface area contributed by atoms with Crippen molar-refractivity contribution in [1.82, 2.24) is 4.90 Å². The first-order chi connectivity index (χ1) is 13.6. The Kier molecular flexibility index (Phi) is 5.44. The van der Waals surface area contributed by atoms with Crippen LogP contribution in [0.2, 0.25) is 0 Å². The van der Waals surface area contributed by atoms with Gasteiger partial charge in [-0.3, -0.25) is 9.59 Å². The van der Waals surface area contributed by atoms with E-state index in [4.69, 9.17) is 0 Å². The summed E-state index contributed by atoms with van der Waals surface area (Å²) in [4.78, 5) is 28.7. The molecule has 1 N–H and O–H groups in total. The van der Waals surface area contributed by atoms with Gasteiger partial charge in [0.15, 0.2) is 0 Å². The second kappa shape index (κ2) is 8.15. The van der Waals surface area contributed by atoms with Gasteiger partial charge in [-0.05, 0) is 55.6 Å². The molecule has 1 amide bonds. The van der Waals surface area contributed by atoms with Gasteiger partial charge in [-0.25, -0.2) is 0 Å². The van der Waals surface area contributed by atoms with Crippen LogP contribution < -0.4 is 4.90 Å². The molecule has 2 aromatic rings. The van der Waals surface area contributed by atoms with Gasteiger partial charge in [-0.1, -0.05) is 36.4 Å². The minimum atomic E-state index is -0.696. The lowest BCUT2D eigenvalue weighted by Crippen LogP contribution is -2.40. The van der Waals surface area contributed by atoms with Gasteiger partial charge >= 0.3 is 5.97 Å². The van der Waals surface area contributed by atoms with Gasteiger partial charge in [0.25, 0.3) is 5.91 Å². The van der Waals surface area contributed by atoms with Crippen LogP contribution in [0.15, 0.2) is 48.5 Å². The fourth-order valence-electron chi connectivity index (χ4n) is 4.40. The van der Waals surface area contributed by atoms with Crippen molar-refractivity contribution < 1.29 is 14.7 Å². The molecule has 5 nitrogen and oxygen atoms in total. The van der Waals surface area contributed by atoms with Gasteiger partial charge in [-0.2, -0.15) is 0 Å². The van der Waals surface area contributed by atoms with E-state index in [1.165, 1.54) is 5.56 Å². The molecule has 2 aliphatic heterocycles. The number of nitrogens with zero attached hydrogens (tertiary/aromatic N) is 2. The van der Waals surface area contributed by atoms with E-state index in [1.54, 1.807) is 0 Å². The summed E-state index contributed by atoms with van der Waals surface area (Å²) in [6.07, 6.45) is 3.28. The molecule has 0 bridgehead atoms. The van der Waals surface area contributed by atoms with Crippen LogP contribution in [-0.2, 0) is 11.2 Å². The van der Waals surface area contributed by atoms with Crippen LogP contribution in [0.5, 0.6) is 0 Å². The Labute approximate surface area is 165 Å². The molecule has 0 spiro atoms. The van der Waals surface area contributed by atoms with Gasteiger partial charge in [-0.15, -0.1) is 0 Å². The highest BCUT2D eigenvalue weighted by atomic mass is 16.4. The van der Waals surface area contributed by atoms with Gasteiger partial charge in [0.1, 0.15) is 0 Å². The molecule has 0 aliphatic carbocycles. The molecule has 1 fully saturated rings. The van der Waals surface area contributed by atoms with Crippen LogP contribution in [0.3, 0.4) is 0 Å². The highest BCUT2D eigenvalue weighted by Gasteiger charge is 2.27. The van der Waals surface area contributed by atoms with Crippen molar-refractivity contribution in [2.75, 3.05) is 31.1 Å². The van der Waals surface area contributed by atoms with E-state index in [0.717, 1.165) is 55.6 Å². The predicted molar refractivity (Wildman–Crippen MR) is 109 cm³/mol. The molecule has 0 saturated carbocycles. The number of carboxylic acids is 1. The maximum Gasteiger partial charge on any atom is 0.307 e. The van der Waals surface area contributed by atoms with Gasteiger partial charge < -0.3 is 14.9 Å². The first-order valence-electron chi connectivity index (χ1n) is 10.1. The van der Waals surface area contributed by atoms with Crippen LogP contribution >= 0.6 is 0 Å². The summed E-state index contributed by atoms with van der Waals surface area (Å²) in [5, 5.41) is 9.27. The molecule has 2 aliphatic rings. The second-order valence-electron chi connectivity index (χ2n) is 7.75. The van der Waals surface area contributed by atoms with Gasteiger partial charge in [0.05, 0.1) is 5.92 Å². The lowest BCUT2D eigenvalue weighted by atomic mass is 9.98. The highest BCUT2D eigenvalue weighted by Crippen LogP contribution is 2.30. The molecule has 2 heterocycles. The predicted octanol–water partition coefficient (Wildman–Crippen LogP) is 3.42. The number of rotatable bonds is 5. The zero-order chi connectivity index (χ0) is 19.5. The summed E-state index contributed by atoms with van der Waals surface area (Å²) in [6.45, 7) is 3.01. The van der Waals surface area contributed by atoms with Crippen molar-refractivity contribution in [3.05, 3.63) is 65.2 Å². The number of carbonyl (C=O) groups is 2. The third kappa shape index (κ3) is 3.80. The number of likely N-dealkylation sites (tertiary alicyclic amines) is 1. The topological polar surface area (TPSA) is 60.9 Å².